The number of esters is 1. The van der Waals surface area contributed by atoms with Crippen molar-refractivity contribution in [2.75, 3.05) is 6.61 Å². The molecular formula is C10H17NO3. The van der Waals surface area contributed by atoms with Crippen LogP contribution in [-0.4, -0.2) is 24.5 Å². The van der Waals surface area contributed by atoms with Crippen LogP contribution < -0.4 is 5.32 Å². The Morgan fingerprint density at radius 3 is 3.21 bits per heavy atom. The highest BCUT2D eigenvalue weighted by molar-refractivity contribution is 5.85. The molecular weight excluding hydrogens is 182 g/mol. The molecule has 1 saturated heterocycles. The summed E-state index contributed by atoms with van der Waals surface area (Å²) in [5, 5.41) is 2.57. The fraction of sp³-hybridized carbons (Fsp3) is 0.800. The summed E-state index contributed by atoms with van der Waals surface area (Å²) in [4.78, 5) is 22.5. The molecule has 0 saturated carbocycles. The minimum absolute atomic E-state index is 0.117. The van der Waals surface area contributed by atoms with Gasteiger partial charge in [0, 0.05) is 17.0 Å². The number of cyclic esters (lactones) is 1. The monoisotopic (exact) mass is 202 g/mol. The van der Waals surface area contributed by atoms with E-state index in [9.17, 15) is 9.59 Å². The van der Waals surface area contributed by atoms with Crippen molar-refractivity contribution in [1.82, 2.24) is 5.32 Å². The number of ether oxygens (including phenoxy) is 1. The summed E-state index contributed by atoms with van der Waals surface area (Å²) in [5.41, 5.74) is 0. The van der Waals surface area contributed by atoms with Crippen LogP contribution in [0.1, 0.15) is 43.1 Å². The normalized spacial score (nSPS) is 24.7. The van der Waals surface area contributed by atoms with E-state index < -0.39 is 12.9 Å². The van der Waals surface area contributed by atoms with Crippen LogP contribution in [0.4, 0.5) is 0 Å². The van der Waals surface area contributed by atoms with Gasteiger partial charge in [0.25, 0.3) is 0 Å². The summed E-state index contributed by atoms with van der Waals surface area (Å²) in [7, 11) is 0. The van der Waals surface area contributed by atoms with Crippen LogP contribution in [-0.2, 0) is 14.3 Å². The number of amides is 1. The van der Waals surface area contributed by atoms with Gasteiger partial charge in [-0.25, -0.2) is 4.79 Å². The van der Waals surface area contributed by atoms with Gasteiger partial charge in [0.1, 0.15) is 6.04 Å². The van der Waals surface area contributed by atoms with Crippen LogP contribution in [0.25, 0.3) is 0 Å². The van der Waals surface area contributed by atoms with Crippen molar-refractivity contribution >= 4 is 11.9 Å². The van der Waals surface area contributed by atoms with Crippen molar-refractivity contribution in [3.8, 4) is 0 Å². The van der Waals surface area contributed by atoms with Gasteiger partial charge >= 0.3 is 5.97 Å². The van der Waals surface area contributed by atoms with Gasteiger partial charge in [-0.2, -0.15) is 0 Å². The third kappa shape index (κ3) is 3.36. The minimum atomic E-state index is -1.92. The SMILES string of the molecule is [2H]C([2H])([2H])CCCCC(=O)N[C@H]1CCOC1=O. The lowest BCUT2D eigenvalue weighted by Crippen LogP contribution is -2.37. The Morgan fingerprint density at radius 2 is 2.57 bits per heavy atom. The van der Waals surface area contributed by atoms with Crippen molar-refractivity contribution in [3.63, 3.8) is 0 Å². The molecule has 1 aliphatic heterocycles. The highest BCUT2D eigenvalue weighted by Gasteiger charge is 2.27. The Balaban J connectivity index is 2.11. The average Bonchev–Trinajstić information content (AvgIpc) is 2.58. The highest BCUT2D eigenvalue weighted by Crippen LogP contribution is 2.06. The number of nitrogens with one attached hydrogen (secondary N) is 1. The maximum Gasteiger partial charge on any atom is 0.328 e. The summed E-state index contributed by atoms with van der Waals surface area (Å²) in [6.07, 6.45) is 1.89. The van der Waals surface area contributed by atoms with Crippen molar-refractivity contribution in [3.05, 3.63) is 0 Å². The molecule has 0 bridgehead atoms. The summed E-state index contributed by atoms with van der Waals surface area (Å²) in [5.74, 6) is -0.611. The Labute approximate surface area is 88.2 Å². The first-order chi connectivity index (χ1) is 7.88. The Bertz CT molecular complexity index is 291. The Morgan fingerprint density at radius 1 is 1.71 bits per heavy atom. The van der Waals surface area contributed by atoms with Crippen molar-refractivity contribution < 1.29 is 18.4 Å². The van der Waals surface area contributed by atoms with Crippen molar-refractivity contribution in [2.24, 2.45) is 0 Å². The largest absolute Gasteiger partial charge is 0.464 e. The van der Waals surface area contributed by atoms with E-state index in [1.807, 2.05) is 0 Å². The third-order valence-electron chi connectivity index (χ3n) is 2.10. The molecule has 1 aliphatic rings. The zero-order valence-electron chi connectivity index (χ0n) is 11.0. The maximum atomic E-state index is 11.4. The lowest BCUT2D eigenvalue weighted by atomic mass is 10.2. The minimum Gasteiger partial charge on any atom is -0.464 e. The van der Waals surface area contributed by atoms with Crippen molar-refractivity contribution in [1.29, 1.82) is 0 Å². The zero-order valence-corrected chi connectivity index (χ0v) is 8.04. The summed E-state index contributed by atoms with van der Waals surface area (Å²) < 4.78 is 25.7. The van der Waals surface area contributed by atoms with Crippen LogP contribution in [0.2, 0.25) is 0 Å². The molecule has 4 heteroatoms. The first-order valence-corrected chi connectivity index (χ1v) is 4.84. The molecule has 0 aromatic rings. The van der Waals surface area contributed by atoms with Crippen LogP contribution in [0.3, 0.4) is 0 Å². The van der Waals surface area contributed by atoms with Gasteiger partial charge in [0.15, 0.2) is 0 Å². The maximum absolute atomic E-state index is 11.4. The van der Waals surface area contributed by atoms with E-state index in [1.54, 1.807) is 0 Å². The molecule has 14 heavy (non-hydrogen) atoms. The van der Waals surface area contributed by atoms with Gasteiger partial charge < -0.3 is 10.1 Å². The van der Waals surface area contributed by atoms with Gasteiger partial charge in [-0.05, 0) is 6.42 Å². The number of unbranched alkanes of at least 4 members (excludes halogenated alkanes) is 1. The lowest BCUT2D eigenvalue weighted by molar-refractivity contribution is -0.141. The van der Waals surface area contributed by atoms with E-state index in [4.69, 9.17) is 8.85 Å². The molecule has 1 fully saturated rings. The van der Waals surface area contributed by atoms with E-state index in [2.05, 4.69) is 5.32 Å². The molecule has 0 unspecified atom stereocenters. The van der Waals surface area contributed by atoms with Crippen LogP contribution >= 0.6 is 0 Å². The predicted octanol–water partition coefficient (Wildman–Crippen LogP) is 0.998. The molecule has 0 aliphatic carbocycles. The fourth-order valence-electron chi connectivity index (χ4n) is 1.30. The molecule has 0 aromatic carbocycles. The number of rotatable bonds is 5. The first kappa shape index (κ1) is 7.26. The first-order valence-electron chi connectivity index (χ1n) is 6.34. The summed E-state index contributed by atoms with van der Waals surface area (Å²) in [6, 6.07) is -0.523. The van der Waals surface area contributed by atoms with Crippen LogP contribution in [0.15, 0.2) is 0 Å². The Hall–Kier alpha value is -1.06. The number of hydrogen-bond donors (Lipinski definition) is 1. The molecule has 1 atom stereocenters. The molecule has 1 amide bonds. The molecule has 1 rings (SSSR count). The van der Waals surface area contributed by atoms with Crippen molar-refractivity contribution in [2.45, 2.75) is 45.0 Å². The third-order valence-corrected chi connectivity index (χ3v) is 2.10. The topological polar surface area (TPSA) is 55.4 Å². The molecule has 1 N–H and O–H groups in total. The van der Waals surface area contributed by atoms with Gasteiger partial charge in [0.2, 0.25) is 5.91 Å². The summed E-state index contributed by atoms with van der Waals surface area (Å²) in [6.45, 7) is -1.57. The molecule has 0 spiro atoms. The molecule has 0 radical (unpaired) electrons. The summed E-state index contributed by atoms with van der Waals surface area (Å²) >= 11 is 0. The van der Waals surface area contributed by atoms with Gasteiger partial charge in [-0.1, -0.05) is 19.7 Å². The van der Waals surface area contributed by atoms with Crippen LogP contribution in [0, 0.1) is 0 Å². The number of carbonyl (C=O) groups excluding carboxylic acids is 2. The van der Waals surface area contributed by atoms with E-state index in [1.165, 1.54) is 0 Å². The van der Waals surface area contributed by atoms with E-state index >= 15 is 0 Å². The lowest BCUT2D eigenvalue weighted by Gasteiger charge is -2.07. The fourth-order valence-corrected chi connectivity index (χ4v) is 1.30. The second-order valence-electron chi connectivity index (χ2n) is 3.28. The molecule has 1 heterocycles. The van der Waals surface area contributed by atoms with Crippen LogP contribution in [0.5, 0.6) is 0 Å². The zero-order chi connectivity index (χ0) is 12.9. The second-order valence-corrected chi connectivity index (χ2v) is 3.28. The quantitative estimate of drug-likeness (QED) is 0.534. The van der Waals surface area contributed by atoms with E-state index in [-0.39, 0.29) is 24.7 Å². The molecule has 4 nitrogen and oxygen atoms in total. The predicted molar refractivity (Wildman–Crippen MR) is 51.6 cm³/mol. The standard InChI is InChI=1S/C10H17NO3/c1-2-3-4-5-9(12)11-8-6-7-14-10(8)13/h8H,2-7H2,1H3,(H,11,12)/t8-/m0/s1/i1D3. The van der Waals surface area contributed by atoms with E-state index in [0.717, 1.165) is 0 Å². The second kappa shape index (κ2) is 5.62. The number of hydrogen-bond acceptors (Lipinski definition) is 3. The smallest absolute Gasteiger partial charge is 0.328 e. The van der Waals surface area contributed by atoms with Gasteiger partial charge in [-0.15, -0.1) is 0 Å². The molecule has 80 valence electrons. The van der Waals surface area contributed by atoms with Gasteiger partial charge in [-0.3, -0.25) is 4.79 Å². The highest BCUT2D eigenvalue weighted by atomic mass is 16.5. The van der Waals surface area contributed by atoms with E-state index in [0.29, 0.717) is 25.9 Å². The number of carbonyl (C=O) groups is 2. The Kier molecular flexibility index (Phi) is 2.92. The average molecular weight is 202 g/mol. The van der Waals surface area contributed by atoms with Gasteiger partial charge in [0.05, 0.1) is 6.61 Å². The molecule has 0 aromatic heterocycles.